The molecule has 29 heavy (non-hydrogen) atoms. The van der Waals surface area contributed by atoms with Gasteiger partial charge in [-0.05, 0) is 37.1 Å². The number of non-ortho nitro benzene ring substituents is 1. The third kappa shape index (κ3) is 4.72. The smallest absolute Gasteiger partial charge is 0.269 e. The van der Waals surface area contributed by atoms with E-state index < -0.39 is 4.92 Å². The molecule has 6 nitrogen and oxygen atoms in total. The topological polar surface area (TPSA) is 66.7 Å². The summed E-state index contributed by atoms with van der Waals surface area (Å²) < 4.78 is 0. The molecule has 1 amide bonds. The van der Waals surface area contributed by atoms with E-state index in [9.17, 15) is 14.9 Å². The maximum atomic E-state index is 13.0. The number of hydrogen-bond acceptors (Lipinski definition) is 4. The van der Waals surface area contributed by atoms with Crippen molar-refractivity contribution in [3.63, 3.8) is 0 Å². The number of amides is 1. The van der Waals surface area contributed by atoms with Gasteiger partial charge in [-0.3, -0.25) is 19.8 Å². The van der Waals surface area contributed by atoms with Gasteiger partial charge in [0.1, 0.15) is 0 Å². The highest BCUT2D eigenvalue weighted by molar-refractivity contribution is 6.31. The van der Waals surface area contributed by atoms with E-state index in [2.05, 4.69) is 0 Å². The van der Waals surface area contributed by atoms with Crippen molar-refractivity contribution in [2.24, 2.45) is 0 Å². The molecule has 0 atom stereocenters. The Balaban J connectivity index is 1.78. The molecule has 0 aliphatic heterocycles. The zero-order chi connectivity index (χ0) is 21.0. The molecule has 3 rings (SSSR count). The molecule has 0 N–H and O–H groups in total. The Morgan fingerprint density at radius 2 is 1.83 bits per heavy atom. The van der Waals surface area contributed by atoms with E-state index in [0.29, 0.717) is 23.7 Å². The maximum absolute atomic E-state index is 13.0. The van der Waals surface area contributed by atoms with Gasteiger partial charge in [-0.25, -0.2) is 0 Å². The first kappa shape index (κ1) is 20.8. The van der Waals surface area contributed by atoms with Gasteiger partial charge in [0.05, 0.1) is 17.2 Å². The van der Waals surface area contributed by atoms with Crippen LogP contribution in [0.25, 0.3) is 10.8 Å². The van der Waals surface area contributed by atoms with E-state index in [1.807, 2.05) is 49.4 Å². The van der Waals surface area contributed by atoms with Crippen LogP contribution in [0.5, 0.6) is 0 Å². The van der Waals surface area contributed by atoms with Crippen LogP contribution >= 0.6 is 11.6 Å². The molecule has 0 unspecified atom stereocenters. The highest BCUT2D eigenvalue weighted by atomic mass is 35.5. The van der Waals surface area contributed by atoms with Crippen molar-refractivity contribution in [3.05, 3.63) is 81.4 Å². The van der Waals surface area contributed by atoms with Crippen LogP contribution < -0.4 is 4.90 Å². The minimum Gasteiger partial charge on any atom is -0.311 e. The van der Waals surface area contributed by atoms with Gasteiger partial charge < -0.3 is 4.90 Å². The number of carbonyl (C=O) groups is 1. The molecule has 0 aliphatic carbocycles. The third-order valence-electron chi connectivity index (χ3n) is 4.76. The van der Waals surface area contributed by atoms with Crippen LogP contribution in [0.1, 0.15) is 12.5 Å². The Kier molecular flexibility index (Phi) is 6.46. The van der Waals surface area contributed by atoms with Crippen LogP contribution in [-0.4, -0.2) is 35.9 Å². The fraction of sp³-hybridized carbons (Fsp3) is 0.227. The Hall–Kier alpha value is -2.96. The van der Waals surface area contributed by atoms with Crippen LogP contribution in [0.2, 0.25) is 5.02 Å². The van der Waals surface area contributed by atoms with Crippen molar-refractivity contribution in [1.29, 1.82) is 0 Å². The van der Waals surface area contributed by atoms with Gasteiger partial charge in [0.25, 0.3) is 5.69 Å². The minimum atomic E-state index is -0.454. The van der Waals surface area contributed by atoms with E-state index >= 15 is 0 Å². The van der Waals surface area contributed by atoms with Crippen LogP contribution in [-0.2, 0) is 11.3 Å². The van der Waals surface area contributed by atoms with Gasteiger partial charge in [-0.15, -0.1) is 0 Å². The van der Waals surface area contributed by atoms with Gasteiger partial charge in [-0.1, -0.05) is 48.0 Å². The van der Waals surface area contributed by atoms with Gasteiger partial charge in [-0.2, -0.15) is 0 Å². The molecule has 0 saturated carbocycles. The first-order chi connectivity index (χ1) is 13.9. The van der Waals surface area contributed by atoms with Gasteiger partial charge in [0.15, 0.2) is 0 Å². The second-order valence-corrected chi connectivity index (χ2v) is 7.25. The number of halogens is 1. The van der Waals surface area contributed by atoms with Gasteiger partial charge in [0.2, 0.25) is 5.91 Å². The summed E-state index contributed by atoms with van der Waals surface area (Å²) >= 11 is 6.19. The van der Waals surface area contributed by atoms with Crippen molar-refractivity contribution in [2.45, 2.75) is 13.5 Å². The molecule has 7 heteroatoms. The Bertz CT molecular complexity index is 1050. The number of rotatable bonds is 7. The van der Waals surface area contributed by atoms with Crippen LogP contribution in [0.3, 0.4) is 0 Å². The Labute approximate surface area is 174 Å². The molecule has 0 fully saturated rings. The van der Waals surface area contributed by atoms with Crippen LogP contribution in [0.15, 0.2) is 60.7 Å². The predicted molar refractivity (Wildman–Crippen MR) is 116 cm³/mol. The standard InChI is InChI=1S/C22H22ClN3O3/c1-3-25(21-10-6-8-16-7-4-5-9-19(16)21)22(27)15-24(2)14-17-13-18(26(28)29)11-12-20(17)23/h4-13H,3,14-15H2,1-2H3. The predicted octanol–water partition coefficient (Wildman–Crippen LogP) is 4.89. The van der Waals surface area contributed by atoms with E-state index in [0.717, 1.165) is 16.5 Å². The molecule has 0 spiro atoms. The fourth-order valence-electron chi connectivity index (χ4n) is 3.38. The number of carbonyl (C=O) groups excluding carboxylic acids is 1. The first-order valence-electron chi connectivity index (χ1n) is 9.30. The molecule has 3 aromatic carbocycles. The quantitative estimate of drug-likeness (QED) is 0.410. The molecule has 0 radical (unpaired) electrons. The van der Waals surface area contributed by atoms with Crippen LogP contribution in [0, 0.1) is 10.1 Å². The summed E-state index contributed by atoms with van der Waals surface area (Å²) in [6.45, 7) is 2.98. The summed E-state index contributed by atoms with van der Waals surface area (Å²) in [5.74, 6) is -0.0482. The molecular formula is C22H22ClN3O3. The van der Waals surface area contributed by atoms with Crippen molar-refractivity contribution >= 4 is 39.7 Å². The van der Waals surface area contributed by atoms with E-state index in [1.54, 1.807) is 16.8 Å². The van der Waals surface area contributed by atoms with Crippen molar-refractivity contribution < 1.29 is 9.72 Å². The van der Waals surface area contributed by atoms with Crippen molar-refractivity contribution in [1.82, 2.24) is 4.90 Å². The molecule has 150 valence electrons. The second-order valence-electron chi connectivity index (χ2n) is 6.84. The lowest BCUT2D eigenvalue weighted by Gasteiger charge is -2.26. The number of likely N-dealkylation sites (N-methyl/N-ethyl adjacent to an activating group) is 2. The lowest BCUT2D eigenvalue weighted by Crippen LogP contribution is -2.39. The number of hydrogen-bond donors (Lipinski definition) is 0. The van der Waals surface area contributed by atoms with Gasteiger partial charge >= 0.3 is 0 Å². The molecule has 0 saturated heterocycles. The Morgan fingerprint density at radius 1 is 1.10 bits per heavy atom. The molecule has 0 bridgehead atoms. The maximum Gasteiger partial charge on any atom is 0.269 e. The first-order valence-corrected chi connectivity index (χ1v) is 9.68. The SMILES string of the molecule is CCN(C(=O)CN(C)Cc1cc([N+](=O)[O-])ccc1Cl)c1cccc2ccccc12. The highest BCUT2D eigenvalue weighted by Crippen LogP contribution is 2.27. The fourth-order valence-corrected chi connectivity index (χ4v) is 3.56. The number of nitro benzene ring substituents is 1. The lowest BCUT2D eigenvalue weighted by atomic mass is 10.1. The monoisotopic (exact) mass is 411 g/mol. The molecule has 3 aromatic rings. The number of nitrogens with zero attached hydrogens (tertiary/aromatic N) is 3. The number of nitro groups is 1. The van der Waals surface area contributed by atoms with Gasteiger partial charge in [0, 0.05) is 35.6 Å². The normalized spacial score (nSPS) is 11.0. The average Bonchev–Trinajstić information content (AvgIpc) is 2.70. The summed E-state index contributed by atoms with van der Waals surface area (Å²) in [7, 11) is 1.80. The summed E-state index contributed by atoms with van der Waals surface area (Å²) in [6.07, 6.45) is 0. The molecule has 0 heterocycles. The number of fused-ring (bicyclic) bond motifs is 1. The third-order valence-corrected chi connectivity index (χ3v) is 5.13. The molecular weight excluding hydrogens is 390 g/mol. The zero-order valence-corrected chi connectivity index (χ0v) is 17.1. The van der Waals surface area contributed by atoms with E-state index in [1.165, 1.54) is 18.2 Å². The highest BCUT2D eigenvalue weighted by Gasteiger charge is 2.19. The number of anilines is 1. The summed E-state index contributed by atoms with van der Waals surface area (Å²) in [6, 6.07) is 18.2. The summed E-state index contributed by atoms with van der Waals surface area (Å²) in [4.78, 5) is 27.1. The number of benzene rings is 3. The zero-order valence-electron chi connectivity index (χ0n) is 16.3. The van der Waals surface area contributed by atoms with Crippen molar-refractivity contribution in [2.75, 3.05) is 25.0 Å². The van der Waals surface area contributed by atoms with E-state index in [4.69, 9.17) is 11.6 Å². The van der Waals surface area contributed by atoms with Crippen molar-refractivity contribution in [3.8, 4) is 0 Å². The minimum absolute atomic E-state index is 0.0185. The molecule has 0 aromatic heterocycles. The Morgan fingerprint density at radius 3 is 2.55 bits per heavy atom. The van der Waals surface area contributed by atoms with E-state index in [-0.39, 0.29) is 18.1 Å². The largest absolute Gasteiger partial charge is 0.311 e. The van der Waals surface area contributed by atoms with Crippen LogP contribution in [0.4, 0.5) is 11.4 Å². The lowest BCUT2D eigenvalue weighted by molar-refractivity contribution is -0.384. The average molecular weight is 412 g/mol. The summed E-state index contributed by atoms with van der Waals surface area (Å²) in [5.41, 5.74) is 1.47. The molecule has 0 aliphatic rings. The summed E-state index contributed by atoms with van der Waals surface area (Å²) in [5, 5.41) is 13.5. The second kappa shape index (κ2) is 9.03.